The summed E-state index contributed by atoms with van der Waals surface area (Å²) >= 11 is 0. The molecule has 0 spiro atoms. The fourth-order valence-corrected chi connectivity index (χ4v) is 4.16. The van der Waals surface area contributed by atoms with Crippen molar-refractivity contribution in [2.45, 2.75) is 19.9 Å². The van der Waals surface area contributed by atoms with Gasteiger partial charge in [-0.3, -0.25) is 24.1 Å². The van der Waals surface area contributed by atoms with Gasteiger partial charge in [0.05, 0.1) is 17.7 Å². The summed E-state index contributed by atoms with van der Waals surface area (Å²) in [5.41, 5.74) is 1.01. The van der Waals surface area contributed by atoms with Crippen LogP contribution in [0, 0.1) is 0 Å². The first-order chi connectivity index (χ1) is 16.8. The molecule has 2 aromatic rings. The summed E-state index contributed by atoms with van der Waals surface area (Å²) in [5.74, 6) is -1.25. The maximum Gasteiger partial charge on any atom is 0.513 e. The Morgan fingerprint density at radius 1 is 0.857 bits per heavy atom. The molecule has 0 radical (unpaired) electrons. The number of nitrogens with zero attached hydrogens (tertiary/aromatic N) is 3. The van der Waals surface area contributed by atoms with Crippen molar-refractivity contribution in [1.82, 2.24) is 14.7 Å². The van der Waals surface area contributed by atoms with Gasteiger partial charge >= 0.3 is 6.16 Å². The summed E-state index contributed by atoms with van der Waals surface area (Å²) in [7, 11) is 0. The summed E-state index contributed by atoms with van der Waals surface area (Å²) < 4.78 is 9.71. The van der Waals surface area contributed by atoms with E-state index in [2.05, 4.69) is 0 Å². The predicted octanol–water partition coefficient (Wildman–Crippen LogP) is 2.19. The smallest absolute Gasteiger partial charge is 0.434 e. The standard InChI is InChI=1S/C25H25N3O7/c1-3-34-25(33)35-18-10-8-17(9-11-18)22(30)27-14-12-26(13-15-27)21(29)16(2)28-23(31)19-6-4-5-7-20(19)24(28)32/h4-11,16H,3,12-15H2,1-2H3. The highest BCUT2D eigenvalue weighted by Gasteiger charge is 2.42. The summed E-state index contributed by atoms with van der Waals surface area (Å²) in [4.78, 5) is 66.9. The Morgan fingerprint density at radius 2 is 1.40 bits per heavy atom. The lowest BCUT2D eigenvalue weighted by Crippen LogP contribution is -2.56. The van der Waals surface area contributed by atoms with E-state index in [4.69, 9.17) is 9.47 Å². The second-order valence-electron chi connectivity index (χ2n) is 8.13. The molecule has 0 N–H and O–H groups in total. The van der Waals surface area contributed by atoms with Crippen molar-refractivity contribution in [2.75, 3.05) is 32.8 Å². The lowest BCUT2D eigenvalue weighted by Gasteiger charge is -2.37. The van der Waals surface area contributed by atoms with E-state index in [0.717, 1.165) is 4.90 Å². The maximum absolute atomic E-state index is 13.1. The van der Waals surface area contributed by atoms with Crippen LogP contribution in [-0.4, -0.2) is 83.3 Å². The van der Waals surface area contributed by atoms with Gasteiger partial charge in [-0.25, -0.2) is 4.79 Å². The summed E-state index contributed by atoms with van der Waals surface area (Å²) in [6.07, 6.45) is -0.817. The van der Waals surface area contributed by atoms with E-state index in [1.165, 1.54) is 12.1 Å². The highest BCUT2D eigenvalue weighted by atomic mass is 16.7. The van der Waals surface area contributed by atoms with E-state index in [9.17, 15) is 24.0 Å². The Morgan fingerprint density at radius 3 is 1.94 bits per heavy atom. The minimum Gasteiger partial charge on any atom is -0.434 e. The number of ether oxygens (including phenoxy) is 2. The molecule has 1 unspecified atom stereocenters. The Bertz CT molecular complexity index is 1130. The largest absolute Gasteiger partial charge is 0.513 e. The molecule has 0 aliphatic carbocycles. The molecule has 4 amide bonds. The van der Waals surface area contributed by atoms with Crippen LogP contribution >= 0.6 is 0 Å². The molecule has 0 aromatic heterocycles. The van der Waals surface area contributed by atoms with Crippen molar-refractivity contribution in [3.05, 3.63) is 65.2 Å². The van der Waals surface area contributed by atoms with Crippen molar-refractivity contribution in [3.8, 4) is 5.75 Å². The average molecular weight is 479 g/mol. The number of benzene rings is 2. The number of carbonyl (C=O) groups is 5. The summed E-state index contributed by atoms with van der Waals surface area (Å²) in [5, 5.41) is 0. The fraction of sp³-hybridized carbons (Fsp3) is 0.320. The van der Waals surface area contributed by atoms with Crippen LogP contribution in [0.2, 0.25) is 0 Å². The first kappa shape index (κ1) is 23.9. The Labute approximate surface area is 202 Å². The van der Waals surface area contributed by atoms with Crippen LogP contribution in [-0.2, 0) is 9.53 Å². The van der Waals surface area contributed by atoms with Gasteiger partial charge in [-0.15, -0.1) is 0 Å². The molecule has 2 aromatic carbocycles. The Balaban J connectivity index is 1.33. The van der Waals surface area contributed by atoms with E-state index < -0.39 is 24.0 Å². The number of rotatable bonds is 5. The van der Waals surface area contributed by atoms with E-state index >= 15 is 0 Å². The second-order valence-corrected chi connectivity index (χ2v) is 8.13. The van der Waals surface area contributed by atoms with Gasteiger partial charge in [0.15, 0.2) is 0 Å². The van der Waals surface area contributed by atoms with Crippen LogP contribution in [0.1, 0.15) is 44.9 Å². The molecule has 1 fully saturated rings. The third kappa shape index (κ3) is 4.72. The van der Waals surface area contributed by atoms with Gasteiger partial charge in [0.1, 0.15) is 11.8 Å². The van der Waals surface area contributed by atoms with Crippen molar-refractivity contribution < 1.29 is 33.4 Å². The lowest BCUT2D eigenvalue weighted by molar-refractivity contribution is -0.136. The van der Waals surface area contributed by atoms with E-state index in [1.807, 2.05) is 0 Å². The molecule has 2 heterocycles. The van der Waals surface area contributed by atoms with Crippen molar-refractivity contribution in [2.24, 2.45) is 0 Å². The predicted molar refractivity (Wildman–Crippen MR) is 123 cm³/mol. The normalized spacial score (nSPS) is 16.1. The van der Waals surface area contributed by atoms with Crippen LogP contribution in [0.3, 0.4) is 0 Å². The molecule has 2 aliphatic rings. The zero-order chi connectivity index (χ0) is 25.1. The zero-order valence-electron chi connectivity index (χ0n) is 19.4. The number of hydrogen-bond donors (Lipinski definition) is 0. The topological polar surface area (TPSA) is 114 Å². The van der Waals surface area contributed by atoms with Gasteiger partial charge in [0.25, 0.3) is 17.7 Å². The fourth-order valence-electron chi connectivity index (χ4n) is 4.16. The third-order valence-electron chi connectivity index (χ3n) is 6.01. The number of fused-ring (bicyclic) bond motifs is 1. The van der Waals surface area contributed by atoms with Gasteiger partial charge in [-0.05, 0) is 50.2 Å². The van der Waals surface area contributed by atoms with Crippen molar-refractivity contribution in [1.29, 1.82) is 0 Å². The van der Waals surface area contributed by atoms with Crippen molar-refractivity contribution in [3.63, 3.8) is 0 Å². The molecule has 35 heavy (non-hydrogen) atoms. The van der Waals surface area contributed by atoms with Gasteiger partial charge in [0, 0.05) is 31.7 Å². The van der Waals surface area contributed by atoms with Gasteiger partial charge in [-0.2, -0.15) is 0 Å². The third-order valence-corrected chi connectivity index (χ3v) is 6.01. The maximum atomic E-state index is 13.1. The van der Waals surface area contributed by atoms with Crippen LogP contribution < -0.4 is 4.74 Å². The lowest BCUT2D eigenvalue weighted by atomic mass is 10.1. The molecule has 4 rings (SSSR count). The zero-order valence-corrected chi connectivity index (χ0v) is 19.4. The van der Waals surface area contributed by atoms with Crippen molar-refractivity contribution >= 4 is 29.8 Å². The van der Waals surface area contributed by atoms with Gasteiger partial charge in [0.2, 0.25) is 5.91 Å². The van der Waals surface area contributed by atoms with E-state index in [-0.39, 0.29) is 37.3 Å². The molecule has 1 saturated heterocycles. The summed E-state index contributed by atoms with van der Waals surface area (Å²) in [6, 6.07) is 11.7. The molecule has 0 saturated carbocycles. The molecule has 2 aliphatic heterocycles. The quantitative estimate of drug-likeness (QED) is 0.367. The molecular weight excluding hydrogens is 454 g/mol. The molecular formula is C25H25N3O7. The Hall–Kier alpha value is -4.21. The summed E-state index contributed by atoms with van der Waals surface area (Å²) in [6.45, 7) is 4.58. The van der Waals surface area contributed by atoms with Gasteiger partial charge in [-0.1, -0.05) is 12.1 Å². The molecule has 10 nitrogen and oxygen atoms in total. The number of imide groups is 1. The highest BCUT2D eigenvalue weighted by molar-refractivity contribution is 6.22. The van der Waals surface area contributed by atoms with E-state index in [1.54, 1.807) is 60.0 Å². The number of piperazine rings is 1. The second kappa shape index (κ2) is 9.96. The van der Waals surface area contributed by atoms with Crippen LogP contribution in [0.15, 0.2) is 48.5 Å². The number of carbonyl (C=O) groups excluding carboxylic acids is 5. The van der Waals surface area contributed by atoms with Crippen LogP contribution in [0.25, 0.3) is 0 Å². The molecule has 182 valence electrons. The van der Waals surface area contributed by atoms with Crippen LogP contribution in [0.5, 0.6) is 5.75 Å². The molecule has 0 bridgehead atoms. The SMILES string of the molecule is CCOC(=O)Oc1ccc(C(=O)N2CCN(C(=O)C(C)N3C(=O)c4ccccc4C3=O)CC2)cc1. The minimum absolute atomic E-state index is 0.195. The van der Waals surface area contributed by atoms with Crippen LogP contribution in [0.4, 0.5) is 4.79 Å². The average Bonchev–Trinajstić information content (AvgIpc) is 3.13. The molecule has 10 heteroatoms. The number of hydrogen-bond acceptors (Lipinski definition) is 7. The number of amides is 4. The first-order valence-corrected chi connectivity index (χ1v) is 11.3. The monoisotopic (exact) mass is 479 g/mol. The van der Waals surface area contributed by atoms with Gasteiger partial charge < -0.3 is 19.3 Å². The minimum atomic E-state index is -0.948. The molecule has 1 atom stereocenters. The first-order valence-electron chi connectivity index (χ1n) is 11.3. The Kier molecular flexibility index (Phi) is 6.81. The van der Waals surface area contributed by atoms with E-state index in [0.29, 0.717) is 29.8 Å². The highest BCUT2D eigenvalue weighted by Crippen LogP contribution is 2.25.